The minimum Gasteiger partial charge on any atom is -0.493 e. The predicted molar refractivity (Wildman–Crippen MR) is 68.1 cm³/mol. The number of ether oxygens (including phenoxy) is 1. The highest BCUT2D eigenvalue weighted by Crippen LogP contribution is 2.60. The van der Waals surface area contributed by atoms with Crippen molar-refractivity contribution in [2.75, 3.05) is 6.61 Å². The van der Waals surface area contributed by atoms with Crippen molar-refractivity contribution < 1.29 is 14.6 Å². The summed E-state index contributed by atoms with van der Waals surface area (Å²) in [6.07, 6.45) is 1.60. The molecule has 1 spiro atoms. The number of hydrogen-bond donors (Lipinski definition) is 1. The molecule has 3 heteroatoms. The monoisotopic (exact) mass is 246 g/mol. The zero-order chi connectivity index (χ0) is 12.9. The molecular formula is C15H18O3. The molecule has 0 aromatic heterocycles. The number of fused-ring (bicyclic) bond motifs is 2. The normalized spacial score (nSPS) is 28.9. The van der Waals surface area contributed by atoms with E-state index in [1.807, 2.05) is 6.07 Å². The Labute approximate surface area is 107 Å². The highest BCUT2D eigenvalue weighted by molar-refractivity contribution is 5.78. The van der Waals surface area contributed by atoms with Crippen LogP contribution in [0.25, 0.3) is 0 Å². The molecule has 3 nitrogen and oxygen atoms in total. The summed E-state index contributed by atoms with van der Waals surface area (Å²) in [7, 11) is 0. The summed E-state index contributed by atoms with van der Waals surface area (Å²) in [6, 6.07) is 6.24. The first-order valence-electron chi connectivity index (χ1n) is 6.54. The highest BCUT2D eigenvalue weighted by atomic mass is 16.5. The van der Waals surface area contributed by atoms with E-state index in [9.17, 15) is 9.90 Å². The van der Waals surface area contributed by atoms with E-state index in [-0.39, 0.29) is 11.3 Å². The second kappa shape index (κ2) is 3.74. The molecule has 0 saturated heterocycles. The van der Waals surface area contributed by atoms with Crippen LogP contribution in [0.5, 0.6) is 5.75 Å². The molecule has 18 heavy (non-hydrogen) atoms. The van der Waals surface area contributed by atoms with Crippen molar-refractivity contribution >= 4 is 5.97 Å². The molecule has 0 unspecified atom stereocenters. The van der Waals surface area contributed by atoms with Gasteiger partial charge in [-0.15, -0.1) is 0 Å². The molecule has 1 N–H and O–H groups in total. The Morgan fingerprint density at radius 3 is 2.89 bits per heavy atom. The summed E-state index contributed by atoms with van der Waals surface area (Å²) in [5.41, 5.74) is 2.23. The third-order valence-electron chi connectivity index (χ3n) is 4.39. The quantitative estimate of drug-likeness (QED) is 0.872. The molecule has 1 aliphatic carbocycles. The lowest BCUT2D eigenvalue weighted by molar-refractivity contribution is -0.139. The van der Waals surface area contributed by atoms with Gasteiger partial charge in [-0.3, -0.25) is 4.79 Å². The van der Waals surface area contributed by atoms with E-state index in [0.717, 1.165) is 24.2 Å². The summed E-state index contributed by atoms with van der Waals surface area (Å²) >= 11 is 0. The third kappa shape index (κ3) is 1.53. The van der Waals surface area contributed by atoms with Gasteiger partial charge in [0.1, 0.15) is 5.75 Å². The van der Waals surface area contributed by atoms with Gasteiger partial charge in [-0.05, 0) is 30.4 Å². The minimum absolute atomic E-state index is 0.148. The van der Waals surface area contributed by atoms with E-state index in [4.69, 9.17) is 4.74 Å². The van der Waals surface area contributed by atoms with E-state index < -0.39 is 5.97 Å². The fourth-order valence-electron chi connectivity index (χ4n) is 3.10. The number of carbonyl (C=O) groups is 1. The van der Waals surface area contributed by atoms with Crippen LogP contribution in [0.2, 0.25) is 0 Å². The number of benzene rings is 1. The lowest BCUT2D eigenvalue weighted by atomic mass is 9.85. The van der Waals surface area contributed by atoms with Crippen molar-refractivity contribution in [3.8, 4) is 5.75 Å². The molecule has 0 amide bonds. The van der Waals surface area contributed by atoms with Gasteiger partial charge in [0.15, 0.2) is 0 Å². The first-order valence-corrected chi connectivity index (χ1v) is 6.54. The van der Waals surface area contributed by atoms with Crippen LogP contribution in [0.1, 0.15) is 43.7 Å². The summed E-state index contributed by atoms with van der Waals surface area (Å²) in [5, 5.41) is 9.23. The minimum atomic E-state index is -0.669. The Balaban J connectivity index is 2.05. The van der Waals surface area contributed by atoms with E-state index in [0.29, 0.717) is 12.5 Å². The molecule has 0 bridgehead atoms. The Bertz CT molecular complexity index is 506. The van der Waals surface area contributed by atoms with Crippen LogP contribution in [-0.2, 0) is 10.2 Å². The molecule has 2 aliphatic rings. The summed E-state index contributed by atoms with van der Waals surface area (Å²) < 4.78 is 5.67. The van der Waals surface area contributed by atoms with Gasteiger partial charge in [0.25, 0.3) is 0 Å². The smallest absolute Gasteiger partial charge is 0.307 e. The largest absolute Gasteiger partial charge is 0.493 e. The Morgan fingerprint density at radius 2 is 2.28 bits per heavy atom. The van der Waals surface area contributed by atoms with Crippen molar-refractivity contribution in [3.05, 3.63) is 29.3 Å². The molecule has 2 atom stereocenters. The standard InChI is InChI=1S/C15H18O3/c1-9(2)10-3-4-13-11(7-10)15(5-6-18-13)8-12(15)14(16)17/h3-4,7,9,12H,5-6,8H2,1-2H3,(H,16,17)/t12-,15+/m0/s1. The van der Waals surface area contributed by atoms with Gasteiger partial charge in [-0.25, -0.2) is 0 Å². The number of rotatable bonds is 2. The van der Waals surface area contributed by atoms with Gasteiger partial charge < -0.3 is 9.84 Å². The summed E-state index contributed by atoms with van der Waals surface area (Å²) in [4.78, 5) is 11.2. The van der Waals surface area contributed by atoms with E-state index in [2.05, 4.69) is 26.0 Å². The molecule has 1 aromatic carbocycles. The molecular weight excluding hydrogens is 228 g/mol. The van der Waals surface area contributed by atoms with E-state index in [1.54, 1.807) is 0 Å². The summed E-state index contributed by atoms with van der Waals surface area (Å²) in [6.45, 7) is 4.94. The molecule has 1 aromatic rings. The van der Waals surface area contributed by atoms with Crippen molar-refractivity contribution in [1.29, 1.82) is 0 Å². The Kier molecular flexibility index (Phi) is 2.40. The maximum atomic E-state index is 11.2. The molecule has 1 heterocycles. The number of hydrogen-bond acceptors (Lipinski definition) is 2. The fraction of sp³-hybridized carbons (Fsp3) is 0.533. The molecule has 3 rings (SSSR count). The Hall–Kier alpha value is -1.51. The number of carboxylic acid groups (broad SMARTS) is 1. The van der Waals surface area contributed by atoms with Crippen LogP contribution in [0.3, 0.4) is 0 Å². The Morgan fingerprint density at radius 1 is 1.50 bits per heavy atom. The molecule has 1 fully saturated rings. The van der Waals surface area contributed by atoms with Crippen molar-refractivity contribution in [2.24, 2.45) is 5.92 Å². The van der Waals surface area contributed by atoms with Crippen LogP contribution >= 0.6 is 0 Å². The molecule has 96 valence electrons. The zero-order valence-corrected chi connectivity index (χ0v) is 10.8. The topological polar surface area (TPSA) is 46.5 Å². The van der Waals surface area contributed by atoms with Crippen molar-refractivity contribution in [2.45, 2.75) is 38.0 Å². The molecule has 0 radical (unpaired) electrons. The van der Waals surface area contributed by atoms with Crippen LogP contribution in [0.15, 0.2) is 18.2 Å². The average Bonchev–Trinajstić information content (AvgIpc) is 3.05. The predicted octanol–water partition coefficient (Wildman–Crippen LogP) is 2.93. The average molecular weight is 246 g/mol. The fourth-order valence-corrected chi connectivity index (χ4v) is 3.10. The number of aliphatic carboxylic acids is 1. The van der Waals surface area contributed by atoms with Crippen LogP contribution < -0.4 is 4.74 Å². The van der Waals surface area contributed by atoms with E-state index >= 15 is 0 Å². The van der Waals surface area contributed by atoms with Gasteiger partial charge in [0.05, 0.1) is 12.5 Å². The van der Waals surface area contributed by atoms with Crippen LogP contribution in [0.4, 0.5) is 0 Å². The maximum absolute atomic E-state index is 11.2. The third-order valence-corrected chi connectivity index (χ3v) is 4.39. The first kappa shape index (κ1) is 11.6. The SMILES string of the molecule is CC(C)c1ccc2c(c1)[C@@]1(CCO2)C[C@H]1C(=O)O. The maximum Gasteiger partial charge on any atom is 0.307 e. The van der Waals surface area contributed by atoms with Gasteiger partial charge in [0.2, 0.25) is 0 Å². The second-order valence-corrected chi connectivity index (χ2v) is 5.76. The van der Waals surface area contributed by atoms with Crippen LogP contribution in [0, 0.1) is 5.92 Å². The van der Waals surface area contributed by atoms with Crippen LogP contribution in [-0.4, -0.2) is 17.7 Å². The van der Waals surface area contributed by atoms with Gasteiger partial charge in [-0.1, -0.05) is 26.0 Å². The lowest BCUT2D eigenvalue weighted by Gasteiger charge is -2.27. The van der Waals surface area contributed by atoms with Gasteiger partial charge >= 0.3 is 5.97 Å². The second-order valence-electron chi connectivity index (χ2n) is 5.76. The lowest BCUT2D eigenvalue weighted by Crippen LogP contribution is -2.24. The van der Waals surface area contributed by atoms with Gasteiger partial charge in [-0.2, -0.15) is 0 Å². The van der Waals surface area contributed by atoms with Crippen molar-refractivity contribution in [1.82, 2.24) is 0 Å². The van der Waals surface area contributed by atoms with E-state index in [1.165, 1.54) is 5.56 Å². The highest BCUT2D eigenvalue weighted by Gasteiger charge is 2.61. The summed E-state index contributed by atoms with van der Waals surface area (Å²) in [5.74, 6) is 0.450. The van der Waals surface area contributed by atoms with Crippen molar-refractivity contribution in [3.63, 3.8) is 0 Å². The molecule has 1 aliphatic heterocycles. The molecule has 1 saturated carbocycles. The zero-order valence-electron chi connectivity index (χ0n) is 10.8. The number of carboxylic acids is 1. The van der Waals surface area contributed by atoms with Gasteiger partial charge in [0, 0.05) is 11.0 Å². The first-order chi connectivity index (χ1) is 8.54.